The highest BCUT2D eigenvalue weighted by Crippen LogP contribution is 2.55. The van der Waals surface area contributed by atoms with E-state index in [9.17, 15) is 15.3 Å². The van der Waals surface area contributed by atoms with Gasteiger partial charge in [0.25, 0.3) is 0 Å². The molecule has 1 aliphatic heterocycles. The summed E-state index contributed by atoms with van der Waals surface area (Å²) in [6, 6.07) is 13.9. The minimum atomic E-state index is -0.622. The molecular formula is C21H21BrN2O4. The van der Waals surface area contributed by atoms with E-state index >= 15 is 0 Å². The summed E-state index contributed by atoms with van der Waals surface area (Å²) in [6.07, 6.45) is 1.73. The van der Waals surface area contributed by atoms with Gasteiger partial charge in [0, 0.05) is 16.6 Å². The lowest BCUT2D eigenvalue weighted by molar-refractivity contribution is 0.265. The second kappa shape index (κ2) is 7.31. The number of phenolic OH excluding ortho intramolecular Hbond substituents is 1. The molecule has 4 rings (SSSR count). The summed E-state index contributed by atoms with van der Waals surface area (Å²) in [5.41, 5.74) is 1.73. The number of para-hydroxylation sites is 1. The van der Waals surface area contributed by atoms with Gasteiger partial charge in [-0.1, -0.05) is 47.5 Å². The second-order valence-corrected chi connectivity index (χ2v) is 7.67. The number of benzene rings is 2. The maximum atomic E-state index is 10.9. The number of halogens is 1. The SMILES string of the molecule is CCCCn1c(O)c2c(c1O)[C@@H](c1cc(Br)ccc1O)N(c1ccccc1)O2. The van der Waals surface area contributed by atoms with Crippen LogP contribution in [-0.4, -0.2) is 19.9 Å². The zero-order chi connectivity index (χ0) is 19.8. The van der Waals surface area contributed by atoms with Gasteiger partial charge in [-0.05, 0) is 36.8 Å². The van der Waals surface area contributed by atoms with Crippen LogP contribution in [0.1, 0.15) is 36.9 Å². The van der Waals surface area contributed by atoms with Gasteiger partial charge in [-0.15, -0.1) is 0 Å². The van der Waals surface area contributed by atoms with Gasteiger partial charge in [0.15, 0.2) is 0 Å². The van der Waals surface area contributed by atoms with Gasteiger partial charge in [0.05, 0.1) is 11.3 Å². The van der Waals surface area contributed by atoms with Crippen LogP contribution >= 0.6 is 15.9 Å². The van der Waals surface area contributed by atoms with Crippen molar-refractivity contribution in [2.75, 3.05) is 5.06 Å². The van der Waals surface area contributed by atoms with Gasteiger partial charge in [-0.2, -0.15) is 5.06 Å². The zero-order valence-electron chi connectivity index (χ0n) is 15.3. The summed E-state index contributed by atoms with van der Waals surface area (Å²) in [5.74, 6) is 0.121. The Morgan fingerprint density at radius 1 is 1.04 bits per heavy atom. The normalized spacial score (nSPS) is 15.5. The van der Waals surface area contributed by atoms with Crippen molar-refractivity contribution in [2.24, 2.45) is 0 Å². The number of aromatic hydroxyl groups is 3. The first kappa shape index (κ1) is 18.6. The van der Waals surface area contributed by atoms with Crippen LogP contribution in [0.3, 0.4) is 0 Å². The maximum absolute atomic E-state index is 10.9. The topological polar surface area (TPSA) is 78.1 Å². The molecule has 0 amide bonds. The Morgan fingerprint density at radius 3 is 2.50 bits per heavy atom. The number of phenols is 1. The highest BCUT2D eigenvalue weighted by atomic mass is 79.9. The molecule has 28 heavy (non-hydrogen) atoms. The number of hydroxylamine groups is 1. The highest BCUT2D eigenvalue weighted by molar-refractivity contribution is 9.10. The lowest BCUT2D eigenvalue weighted by atomic mass is 9.99. The molecule has 2 aromatic carbocycles. The second-order valence-electron chi connectivity index (χ2n) is 6.75. The lowest BCUT2D eigenvalue weighted by Gasteiger charge is -2.26. The molecule has 0 radical (unpaired) electrons. The lowest BCUT2D eigenvalue weighted by Crippen LogP contribution is -2.27. The molecule has 7 heteroatoms. The van der Waals surface area contributed by atoms with Gasteiger partial charge in [-0.25, -0.2) is 0 Å². The minimum Gasteiger partial charge on any atom is -0.508 e. The summed E-state index contributed by atoms with van der Waals surface area (Å²) >= 11 is 3.44. The minimum absolute atomic E-state index is 0.0521. The molecule has 0 saturated heterocycles. The molecule has 1 aromatic heterocycles. The number of rotatable bonds is 5. The van der Waals surface area contributed by atoms with Crippen LogP contribution in [0.2, 0.25) is 0 Å². The summed E-state index contributed by atoms with van der Waals surface area (Å²) in [4.78, 5) is 6.00. The molecule has 0 saturated carbocycles. The van der Waals surface area contributed by atoms with Crippen molar-refractivity contribution in [3.05, 3.63) is 64.1 Å². The predicted molar refractivity (Wildman–Crippen MR) is 110 cm³/mol. The van der Waals surface area contributed by atoms with Crippen LogP contribution in [0.15, 0.2) is 53.0 Å². The largest absolute Gasteiger partial charge is 0.508 e. The van der Waals surface area contributed by atoms with E-state index < -0.39 is 6.04 Å². The van der Waals surface area contributed by atoms with E-state index in [1.807, 2.05) is 37.3 Å². The number of hydrogen-bond acceptors (Lipinski definition) is 5. The van der Waals surface area contributed by atoms with E-state index in [2.05, 4.69) is 15.9 Å². The first-order valence-corrected chi connectivity index (χ1v) is 9.97. The third-order valence-corrected chi connectivity index (χ3v) is 5.42. The summed E-state index contributed by atoms with van der Waals surface area (Å²) in [6.45, 7) is 2.52. The van der Waals surface area contributed by atoms with Crippen molar-refractivity contribution in [3.63, 3.8) is 0 Å². The van der Waals surface area contributed by atoms with Crippen molar-refractivity contribution >= 4 is 21.6 Å². The quantitative estimate of drug-likeness (QED) is 0.511. The van der Waals surface area contributed by atoms with E-state index in [0.29, 0.717) is 17.7 Å². The smallest absolute Gasteiger partial charge is 0.241 e. The number of hydrogen-bond donors (Lipinski definition) is 3. The van der Waals surface area contributed by atoms with Crippen molar-refractivity contribution < 1.29 is 20.2 Å². The van der Waals surface area contributed by atoms with Crippen LogP contribution in [0.25, 0.3) is 0 Å². The first-order chi connectivity index (χ1) is 13.5. The van der Waals surface area contributed by atoms with Crippen LogP contribution in [0.5, 0.6) is 23.3 Å². The molecule has 1 atom stereocenters. The van der Waals surface area contributed by atoms with Gasteiger partial charge in [0.2, 0.25) is 17.5 Å². The molecule has 1 aliphatic rings. The average Bonchev–Trinajstić information content (AvgIpc) is 3.20. The molecule has 0 unspecified atom stereocenters. The average molecular weight is 445 g/mol. The van der Waals surface area contributed by atoms with Crippen molar-refractivity contribution in [1.82, 2.24) is 4.57 Å². The fraction of sp³-hybridized carbons (Fsp3) is 0.238. The standard InChI is InChI=1S/C21H21BrN2O4/c1-2-3-11-23-20(26)17-18(15-12-13(22)9-10-16(15)25)24(28-19(17)21(23)27)14-7-5-4-6-8-14/h4-10,12,18,25-27H,2-3,11H2,1H3/t18-/m1/s1. The summed E-state index contributed by atoms with van der Waals surface area (Å²) < 4.78 is 2.24. The van der Waals surface area contributed by atoms with Crippen LogP contribution in [0, 0.1) is 0 Å². The number of fused-ring (bicyclic) bond motifs is 1. The molecule has 2 heterocycles. The Labute approximate surface area is 171 Å². The molecule has 0 fully saturated rings. The van der Waals surface area contributed by atoms with Crippen molar-refractivity contribution in [1.29, 1.82) is 0 Å². The molecule has 0 bridgehead atoms. The van der Waals surface area contributed by atoms with E-state index in [-0.39, 0.29) is 23.3 Å². The summed E-state index contributed by atoms with van der Waals surface area (Å²) in [5, 5.41) is 33.7. The molecule has 3 aromatic rings. The first-order valence-electron chi connectivity index (χ1n) is 9.17. The van der Waals surface area contributed by atoms with Gasteiger partial charge in [0.1, 0.15) is 11.8 Å². The number of unbranched alkanes of at least 4 members (excludes halogenated alkanes) is 1. The molecule has 3 N–H and O–H groups in total. The molecule has 6 nitrogen and oxygen atoms in total. The number of anilines is 1. The molecule has 146 valence electrons. The van der Waals surface area contributed by atoms with E-state index in [4.69, 9.17) is 4.84 Å². The van der Waals surface area contributed by atoms with Crippen LogP contribution in [0.4, 0.5) is 5.69 Å². The Morgan fingerprint density at radius 2 is 1.79 bits per heavy atom. The maximum Gasteiger partial charge on any atom is 0.241 e. The van der Waals surface area contributed by atoms with E-state index in [1.165, 1.54) is 4.57 Å². The van der Waals surface area contributed by atoms with Gasteiger partial charge in [-0.3, -0.25) is 4.57 Å². The van der Waals surface area contributed by atoms with Gasteiger partial charge >= 0.3 is 0 Å². The van der Waals surface area contributed by atoms with Crippen molar-refractivity contribution in [3.8, 4) is 23.3 Å². The third-order valence-electron chi connectivity index (χ3n) is 4.93. The monoisotopic (exact) mass is 444 g/mol. The Hall–Kier alpha value is -2.80. The molecule has 0 spiro atoms. The highest BCUT2D eigenvalue weighted by Gasteiger charge is 2.43. The molecule has 0 aliphatic carbocycles. The van der Waals surface area contributed by atoms with Crippen molar-refractivity contribution in [2.45, 2.75) is 32.4 Å². The Kier molecular flexibility index (Phi) is 4.85. The van der Waals surface area contributed by atoms with E-state index in [0.717, 1.165) is 23.0 Å². The van der Waals surface area contributed by atoms with Crippen LogP contribution in [-0.2, 0) is 6.54 Å². The zero-order valence-corrected chi connectivity index (χ0v) is 16.9. The number of aromatic nitrogens is 1. The fourth-order valence-corrected chi connectivity index (χ4v) is 3.90. The molecular weight excluding hydrogens is 424 g/mol. The van der Waals surface area contributed by atoms with Crippen LogP contribution < -0.4 is 9.90 Å². The van der Waals surface area contributed by atoms with E-state index in [1.54, 1.807) is 23.3 Å². The Balaban J connectivity index is 1.90. The summed E-state index contributed by atoms with van der Waals surface area (Å²) in [7, 11) is 0. The third kappa shape index (κ3) is 2.96. The number of nitrogens with zero attached hydrogens (tertiary/aromatic N) is 2. The fourth-order valence-electron chi connectivity index (χ4n) is 3.53. The predicted octanol–water partition coefficient (Wildman–Crippen LogP) is 5.07. The van der Waals surface area contributed by atoms with Gasteiger partial charge < -0.3 is 20.2 Å². The Bertz CT molecular complexity index is 1000.